The highest BCUT2D eigenvalue weighted by Gasteiger charge is 2.10. The summed E-state index contributed by atoms with van der Waals surface area (Å²) >= 11 is 5.93. The second-order valence-corrected chi connectivity index (χ2v) is 4.12. The van der Waals surface area contributed by atoms with E-state index in [0.29, 0.717) is 11.6 Å². The first kappa shape index (κ1) is 10.8. The van der Waals surface area contributed by atoms with E-state index in [4.69, 9.17) is 16.3 Å². The Bertz CT molecular complexity index is 310. The molecule has 0 spiro atoms. The minimum atomic E-state index is 0.568. The molecule has 0 aliphatic carbocycles. The molecule has 0 saturated carbocycles. The summed E-state index contributed by atoms with van der Waals surface area (Å²) in [6, 6.07) is 8.46. The van der Waals surface area contributed by atoms with Crippen molar-refractivity contribution in [3.63, 3.8) is 0 Å². The van der Waals surface area contributed by atoms with Crippen LogP contribution in [0, 0.1) is 6.07 Å². The Kier molecular flexibility index (Phi) is 3.87. The second-order valence-electron chi connectivity index (χ2n) is 3.75. The molecule has 1 aromatic carbocycles. The third-order valence-corrected chi connectivity index (χ3v) is 2.93. The zero-order valence-electron chi connectivity index (χ0n) is 8.71. The maximum absolute atomic E-state index is 5.93. The van der Waals surface area contributed by atoms with Gasteiger partial charge in [-0.05, 0) is 32.0 Å². The van der Waals surface area contributed by atoms with E-state index >= 15 is 0 Å². The molecular formula is C12H15ClNO. The zero-order chi connectivity index (χ0) is 10.5. The predicted octanol–water partition coefficient (Wildman–Crippen LogP) is 2.61. The quantitative estimate of drug-likeness (QED) is 0.780. The van der Waals surface area contributed by atoms with Gasteiger partial charge in [0.25, 0.3) is 0 Å². The summed E-state index contributed by atoms with van der Waals surface area (Å²) in [5.74, 6) is 0.735. The second kappa shape index (κ2) is 5.38. The Morgan fingerprint density at radius 1 is 1.40 bits per heavy atom. The highest BCUT2D eigenvalue weighted by Crippen LogP contribution is 2.22. The number of likely N-dealkylation sites (tertiary alicyclic amines) is 1. The van der Waals surface area contributed by atoms with Crippen LogP contribution in [0.5, 0.6) is 5.75 Å². The molecule has 1 radical (unpaired) electrons. The standard InChI is InChI=1S/C12H15ClNO/c13-11-5-1-2-6-12(11)15-10-9-14-7-3-4-8-14/h1-2,6H,3-4,7-10H2. The largest absolute Gasteiger partial charge is 0.491 e. The Morgan fingerprint density at radius 3 is 2.93 bits per heavy atom. The number of rotatable bonds is 4. The number of halogens is 1. The van der Waals surface area contributed by atoms with Crippen molar-refractivity contribution in [2.45, 2.75) is 12.8 Å². The highest BCUT2D eigenvalue weighted by molar-refractivity contribution is 6.31. The van der Waals surface area contributed by atoms with Crippen molar-refractivity contribution in [3.05, 3.63) is 29.3 Å². The molecule has 0 unspecified atom stereocenters. The van der Waals surface area contributed by atoms with Gasteiger partial charge in [0, 0.05) is 12.6 Å². The van der Waals surface area contributed by atoms with Crippen LogP contribution in [-0.2, 0) is 0 Å². The average Bonchev–Trinajstić information content (AvgIpc) is 2.74. The normalized spacial score (nSPS) is 16.9. The molecule has 0 aromatic heterocycles. The van der Waals surface area contributed by atoms with Gasteiger partial charge < -0.3 is 4.74 Å². The number of nitrogens with zero attached hydrogens (tertiary/aromatic N) is 1. The third-order valence-electron chi connectivity index (χ3n) is 2.63. The van der Waals surface area contributed by atoms with Gasteiger partial charge in [-0.2, -0.15) is 0 Å². The van der Waals surface area contributed by atoms with Crippen molar-refractivity contribution < 1.29 is 4.74 Å². The van der Waals surface area contributed by atoms with E-state index in [1.165, 1.54) is 25.9 Å². The molecular weight excluding hydrogens is 210 g/mol. The first-order chi connectivity index (χ1) is 7.36. The first-order valence-electron chi connectivity index (χ1n) is 5.37. The van der Waals surface area contributed by atoms with Gasteiger partial charge in [0.15, 0.2) is 0 Å². The first-order valence-corrected chi connectivity index (χ1v) is 5.75. The maximum atomic E-state index is 5.93. The van der Waals surface area contributed by atoms with Crippen molar-refractivity contribution in [2.75, 3.05) is 26.2 Å². The summed E-state index contributed by atoms with van der Waals surface area (Å²) in [4.78, 5) is 2.42. The Hall–Kier alpha value is -0.730. The number of hydrogen-bond acceptors (Lipinski definition) is 2. The molecule has 1 fully saturated rings. The van der Waals surface area contributed by atoms with Gasteiger partial charge >= 0.3 is 0 Å². The molecule has 81 valence electrons. The average molecular weight is 225 g/mol. The summed E-state index contributed by atoms with van der Waals surface area (Å²) in [6.07, 6.45) is 2.64. The van der Waals surface area contributed by atoms with E-state index in [0.717, 1.165) is 12.3 Å². The fraction of sp³-hybridized carbons (Fsp3) is 0.500. The Balaban J connectivity index is 1.75. The molecule has 2 nitrogen and oxygen atoms in total. The molecule has 1 heterocycles. The third kappa shape index (κ3) is 3.11. The SMILES string of the molecule is Clc1[c]cccc1OCCN1CCCC1. The summed E-state index contributed by atoms with van der Waals surface area (Å²) < 4.78 is 5.59. The molecule has 1 aliphatic heterocycles. The molecule has 2 rings (SSSR count). The van der Waals surface area contributed by atoms with Crippen molar-refractivity contribution >= 4 is 11.6 Å². The fourth-order valence-corrected chi connectivity index (χ4v) is 1.98. The molecule has 0 atom stereocenters. The molecule has 1 aromatic rings. The van der Waals surface area contributed by atoms with Crippen LogP contribution in [0.1, 0.15) is 12.8 Å². The van der Waals surface area contributed by atoms with Crippen molar-refractivity contribution in [1.82, 2.24) is 4.90 Å². The molecule has 1 saturated heterocycles. The lowest BCUT2D eigenvalue weighted by molar-refractivity contribution is 0.238. The van der Waals surface area contributed by atoms with Gasteiger partial charge in [0.05, 0.1) is 5.02 Å². The van der Waals surface area contributed by atoms with Crippen molar-refractivity contribution in [3.8, 4) is 5.75 Å². The molecule has 0 bridgehead atoms. The molecule has 1 aliphatic rings. The van der Waals surface area contributed by atoms with E-state index in [1.807, 2.05) is 12.1 Å². The zero-order valence-corrected chi connectivity index (χ0v) is 9.46. The Morgan fingerprint density at radius 2 is 2.20 bits per heavy atom. The van der Waals surface area contributed by atoms with Crippen LogP contribution < -0.4 is 4.74 Å². The van der Waals surface area contributed by atoms with E-state index in [1.54, 1.807) is 6.07 Å². The highest BCUT2D eigenvalue weighted by atomic mass is 35.5. The summed E-state index contributed by atoms with van der Waals surface area (Å²) in [5.41, 5.74) is 0. The fourth-order valence-electron chi connectivity index (χ4n) is 1.80. The molecule has 15 heavy (non-hydrogen) atoms. The van der Waals surface area contributed by atoms with Crippen LogP contribution in [0.3, 0.4) is 0 Å². The summed E-state index contributed by atoms with van der Waals surface area (Å²) in [7, 11) is 0. The summed E-state index contributed by atoms with van der Waals surface area (Å²) in [5, 5.41) is 0.568. The van der Waals surface area contributed by atoms with Gasteiger partial charge in [-0.25, -0.2) is 0 Å². The summed E-state index contributed by atoms with van der Waals surface area (Å²) in [6.45, 7) is 4.11. The van der Waals surface area contributed by atoms with Gasteiger partial charge in [-0.1, -0.05) is 23.7 Å². The monoisotopic (exact) mass is 224 g/mol. The lowest BCUT2D eigenvalue weighted by atomic mass is 10.3. The van der Waals surface area contributed by atoms with E-state index in [9.17, 15) is 0 Å². The van der Waals surface area contributed by atoms with Crippen molar-refractivity contribution in [2.24, 2.45) is 0 Å². The predicted molar refractivity (Wildman–Crippen MR) is 61.5 cm³/mol. The van der Waals surface area contributed by atoms with Crippen LogP contribution in [0.15, 0.2) is 18.2 Å². The number of ether oxygens (including phenoxy) is 1. The van der Waals surface area contributed by atoms with Gasteiger partial charge in [-0.15, -0.1) is 0 Å². The van der Waals surface area contributed by atoms with Crippen LogP contribution in [0.2, 0.25) is 5.02 Å². The Labute approximate surface area is 95.8 Å². The van der Waals surface area contributed by atoms with Crippen LogP contribution >= 0.6 is 11.6 Å². The maximum Gasteiger partial charge on any atom is 0.138 e. The van der Waals surface area contributed by atoms with E-state index in [-0.39, 0.29) is 0 Å². The number of benzene rings is 1. The van der Waals surface area contributed by atoms with Crippen LogP contribution in [0.25, 0.3) is 0 Å². The molecule has 3 heteroatoms. The lowest BCUT2D eigenvalue weighted by Gasteiger charge is -2.15. The van der Waals surface area contributed by atoms with Gasteiger partial charge in [0.1, 0.15) is 12.4 Å². The van der Waals surface area contributed by atoms with Crippen LogP contribution in [-0.4, -0.2) is 31.1 Å². The topological polar surface area (TPSA) is 12.5 Å². The molecule has 0 N–H and O–H groups in total. The molecule has 0 amide bonds. The minimum absolute atomic E-state index is 0.568. The smallest absolute Gasteiger partial charge is 0.138 e. The number of hydrogen-bond donors (Lipinski definition) is 0. The van der Waals surface area contributed by atoms with Crippen molar-refractivity contribution in [1.29, 1.82) is 0 Å². The van der Waals surface area contributed by atoms with Gasteiger partial charge in [0.2, 0.25) is 0 Å². The van der Waals surface area contributed by atoms with Gasteiger partial charge in [-0.3, -0.25) is 4.90 Å². The van der Waals surface area contributed by atoms with Crippen LogP contribution in [0.4, 0.5) is 0 Å². The minimum Gasteiger partial charge on any atom is -0.491 e. The van der Waals surface area contributed by atoms with E-state index in [2.05, 4.69) is 11.0 Å². The lowest BCUT2D eigenvalue weighted by Crippen LogP contribution is -2.25. The van der Waals surface area contributed by atoms with E-state index < -0.39 is 0 Å².